The number of hydrogen-bond donors (Lipinski definition) is 1. The van der Waals surface area contributed by atoms with Gasteiger partial charge >= 0.3 is 0 Å². The van der Waals surface area contributed by atoms with Gasteiger partial charge < -0.3 is 5.32 Å². The van der Waals surface area contributed by atoms with E-state index in [2.05, 4.69) is 19.2 Å². The highest BCUT2D eigenvalue weighted by atomic mass is 16.6. The first kappa shape index (κ1) is 14.5. The Labute approximate surface area is 109 Å². The second kappa shape index (κ2) is 7.69. The van der Waals surface area contributed by atoms with Crippen molar-refractivity contribution in [2.45, 2.75) is 39.5 Å². The maximum Gasteiger partial charge on any atom is 0.269 e. The number of nitro groups is 1. The van der Waals surface area contributed by atoms with Crippen LogP contribution < -0.4 is 5.32 Å². The zero-order valence-corrected chi connectivity index (χ0v) is 11.2. The third-order valence-corrected chi connectivity index (χ3v) is 3.22. The Kier molecular flexibility index (Phi) is 6.19. The van der Waals surface area contributed by atoms with Crippen LogP contribution >= 0.6 is 0 Å². The van der Waals surface area contributed by atoms with E-state index in [9.17, 15) is 10.1 Å². The lowest BCUT2D eigenvalue weighted by Gasteiger charge is -2.16. The molecule has 4 nitrogen and oxygen atoms in total. The van der Waals surface area contributed by atoms with Gasteiger partial charge in [-0.1, -0.05) is 33.1 Å². The van der Waals surface area contributed by atoms with E-state index in [0.29, 0.717) is 5.92 Å². The molecular formula is C14H22N2O2. The SMILES string of the molecule is CCCCC(CC)CNc1ccc([N+](=O)[O-])cc1. The van der Waals surface area contributed by atoms with E-state index in [-0.39, 0.29) is 10.6 Å². The number of non-ortho nitro benzene ring substituents is 1. The molecule has 0 aliphatic rings. The average molecular weight is 250 g/mol. The maximum atomic E-state index is 10.5. The molecule has 1 N–H and O–H groups in total. The molecule has 1 aromatic rings. The van der Waals surface area contributed by atoms with E-state index in [4.69, 9.17) is 0 Å². The first-order chi connectivity index (χ1) is 8.67. The van der Waals surface area contributed by atoms with E-state index in [1.54, 1.807) is 12.1 Å². The normalized spacial score (nSPS) is 12.1. The predicted molar refractivity (Wildman–Crippen MR) is 74.9 cm³/mol. The van der Waals surface area contributed by atoms with Crippen molar-refractivity contribution < 1.29 is 4.92 Å². The van der Waals surface area contributed by atoms with Crippen LogP contribution in [0, 0.1) is 16.0 Å². The van der Waals surface area contributed by atoms with Gasteiger partial charge in [0.25, 0.3) is 5.69 Å². The Morgan fingerprint density at radius 1 is 1.28 bits per heavy atom. The fourth-order valence-corrected chi connectivity index (χ4v) is 1.91. The zero-order chi connectivity index (χ0) is 13.4. The Morgan fingerprint density at radius 3 is 2.44 bits per heavy atom. The average Bonchev–Trinajstić information content (AvgIpc) is 2.39. The number of hydrogen-bond acceptors (Lipinski definition) is 3. The highest BCUT2D eigenvalue weighted by Crippen LogP contribution is 2.17. The van der Waals surface area contributed by atoms with Gasteiger partial charge in [-0.3, -0.25) is 10.1 Å². The van der Waals surface area contributed by atoms with Crippen LogP contribution in [0.15, 0.2) is 24.3 Å². The smallest absolute Gasteiger partial charge is 0.269 e. The summed E-state index contributed by atoms with van der Waals surface area (Å²) >= 11 is 0. The number of benzene rings is 1. The second-order valence-electron chi connectivity index (χ2n) is 4.60. The van der Waals surface area contributed by atoms with Crippen LogP contribution in [0.3, 0.4) is 0 Å². The van der Waals surface area contributed by atoms with Crippen LogP contribution in [0.5, 0.6) is 0 Å². The molecule has 0 bridgehead atoms. The van der Waals surface area contributed by atoms with Gasteiger partial charge in [-0.25, -0.2) is 0 Å². The quantitative estimate of drug-likeness (QED) is 0.555. The van der Waals surface area contributed by atoms with Gasteiger partial charge in [0.2, 0.25) is 0 Å². The minimum Gasteiger partial charge on any atom is -0.385 e. The minimum absolute atomic E-state index is 0.138. The Bertz CT molecular complexity index is 363. The molecule has 0 aromatic heterocycles. The molecule has 1 unspecified atom stereocenters. The number of nitrogens with one attached hydrogen (secondary N) is 1. The van der Waals surface area contributed by atoms with Crippen LogP contribution in [0.2, 0.25) is 0 Å². The summed E-state index contributed by atoms with van der Waals surface area (Å²) in [5, 5.41) is 13.9. The molecule has 0 spiro atoms. The lowest BCUT2D eigenvalue weighted by molar-refractivity contribution is -0.384. The van der Waals surface area contributed by atoms with Gasteiger partial charge in [0.1, 0.15) is 0 Å². The molecule has 1 atom stereocenters. The summed E-state index contributed by atoms with van der Waals surface area (Å²) in [5.74, 6) is 0.681. The van der Waals surface area contributed by atoms with Gasteiger partial charge in [0, 0.05) is 24.4 Å². The fourth-order valence-electron chi connectivity index (χ4n) is 1.91. The molecule has 0 fully saturated rings. The van der Waals surface area contributed by atoms with E-state index in [1.807, 2.05) is 0 Å². The molecule has 1 aromatic carbocycles. The summed E-state index contributed by atoms with van der Waals surface area (Å²) in [6.07, 6.45) is 4.90. The summed E-state index contributed by atoms with van der Waals surface area (Å²) in [6, 6.07) is 6.61. The van der Waals surface area contributed by atoms with Crippen LogP contribution in [0.25, 0.3) is 0 Å². The maximum absolute atomic E-state index is 10.5. The molecule has 0 saturated heterocycles. The minimum atomic E-state index is -0.375. The molecule has 100 valence electrons. The van der Waals surface area contributed by atoms with Crippen molar-refractivity contribution in [3.63, 3.8) is 0 Å². The Balaban J connectivity index is 2.44. The summed E-state index contributed by atoms with van der Waals surface area (Å²) in [4.78, 5) is 10.2. The third-order valence-electron chi connectivity index (χ3n) is 3.22. The number of anilines is 1. The molecular weight excluding hydrogens is 228 g/mol. The van der Waals surface area contributed by atoms with Gasteiger partial charge in [-0.05, 0) is 24.5 Å². The monoisotopic (exact) mass is 250 g/mol. The molecule has 0 amide bonds. The van der Waals surface area contributed by atoms with Crippen molar-refractivity contribution in [3.8, 4) is 0 Å². The van der Waals surface area contributed by atoms with E-state index in [1.165, 1.54) is 37.8 Å². The molecule has 18 heavy (non-hydrogen) atoms. The number of rotatable bonds is 8. The van der Waals surface area contributed by atoms with E-state index < -0.39 is 0 Å². The van der Waals surface area contributed by atoms with Crippen molar-refractivity contribution in [2.75, 3.05) is 11.9 Å². The Hall–Kier alpha value is -1.58. The number of nitrogens with zero attached hydrogens (tertiary/aromatic N) is 1. The lowest BCUT2D eigenvalue weighted by Crippen LogP contribution is -2.13. The third kappa shape index (κ3) is 4.73. The predicted octanol–water partition coefficient (Wildman–Crippen LogP) is 4.22. The van der Waals surface area contributed by atoms with Gasteiger partial charge in [0.15, 0.2) is 0 Å². The van der Waals surface area contributed by atoms with Crippen molar-refractivity contribution >= 4 is 11.4 Å². The van der Waals surface area contributed by atoms with Gasteiger partial charge in [0.05, 0.1) is 4.92 Å². The summed E-state index contributed by atoms with van der Waals surface area (Å²) in [7, 11) is 0. The lowest BCUT2D eigenvalue weighted by atomic mass is 9.99. The van der Waals surface area contributed by atoms with Crippen molar-refractivity contribution in [2.24, 2.45) is 5.92 Å². The molecule has 0 saturated carbocycles. The van der Waals surface area contributed by atoms with Gasteiger partial charge in [-0.2, -0.15) is 0 Å². The molecule has 0 radical (unpaired) electrons. The van der Waals surface area contributed by atoms with E-state index >= 15 is 0 Å². The summed E-state index contributed by atoms with van der Waals surface area (Å²) < 4.78 is 0. The summed E-state index contributed by atoms with van der Waals surface area (Å²) in [6.45, 7) is 5.35. The number of unbranched alkanes of at least 4 members (excludes halogenated alkanes) is 1. The largest absolute Gasteiger partial charge is 0.385 e. The topological polar surface area (TPSA) is 55.2 Å². The summed E-state index contributed by atoms with van der Waals surface area (Å²) in [5.41, 5.74) is 1.09. The van der Waals surface area contributed by atoms with Crippen LogP contribution in [-0.2, 0) is 0 Å². The van der Waals surface area contributed by atoms with Crippen molar-refractivity contribution in [1.29, 1.82) is 0 Å². The molecule has 0 aliphatic heterocycles. The van der Waals surface area contributed by atoms with Gasteiger partial charge in [-0.15, -0.1) is 0 Å². The first-order valence-corrected chi connectivity index (χ1v) is 6.65. The molecule has 0 heterocycles. The van der Waals surface area contributed by atoms with Crippen LogP contribution in [-0.4, -0.2) is 11.5 Å². The van der Waals surface area contributed by atoms with Crippen molar-refractivity contribution in [3.05, 3.63) is 34.4 Å². The molecule has 0 aliphatic carbocycles. The number of nitro benzene ring substituents is 1. The van der Waals surface area contributed by atoms with Crippen LogP contribution in [0.1, 0.15) is 39.5 Å². The molecule has 1 rings (SSSR count). The zero-order valence-electron chi connectivity index (χ0n) is 11.2. The highest BCUT2D eigenvalue weighted by Gasteiger charge is 2.07. The Morgan fingerprint density at radius 2 is 1.94 bits per heavy atom. The standard InChI is InChI=1S/C14H22N2O2/c1-3-5-6-12(4-2)11-15-13-7-9-14(10-8-13)16(17)18/h7-10,12,15H,3-6,11H2,1-2H3. The van der Waals surface area contributed by atoms with Crippen LogP contribution in [0.4, 0.5) is 11.4 Å². The highest BCUT2D eigenvalue weighted by molar-refractivity contribution is 5.48. The van der Waals surface area contributed by atoms with E-state index in [0.717, 1.165) is 12.2 Å². The fraction of sp³-hybridized carbons (Fsp3) is 0.571. The molecule has 4 heteroatoms. The van der Waals surface area contributed by atoms with Crippen molar-refractivity contribution in [1.82, 2.24) is 0 Å². The first-order valence-electron chi connectivity index (χ1n) is 6.65. The second-order valence-corrected chi connectivity index (χ2v) is 4.60.